The van der Waals surface area contributed by atoms with Crippen LogP contribution < -0.4 is 0 Å². The lowest BCUT2D eigenvalue weighted by Crippen LogP contribution is -2.44. The molecule has 4 nitrogen and oxygen atoms in total. The number of oxime groups is 1. The molecule has 0 unspecified atom stereocenters. The van der Waals surface area contributed by atoms with Crippen LogP contribution >= 0.6 is 0 Å². The lowest BCUT2D eigenvalue weighted by atomic mass is 9.55. The van der Waals surface area contributed by atoms with E-state index in [1.54, 1.807) is 6.07 Å². The molecule has 3 N–H and O–H groups in total. The van der Waals surface area contributed by atoms with Gasteiger partial charge in [0.25, 0.3) is 0 Å². The first-order chi connectivity index (χ1) is 10.5. The maximum Gasteiger partial charge on any atom is 0.115 e. The second kappa shape index (κ2) is 4.72. The van der Waals surface area contributed by atoms with Crippen molar-refractivity contribution in [3.63, 3.8) is 0 Å². The van der Waals surface area contributed by atoms with Crippen LogP contribution in [-0.4, -0.2) is 27.2 Å². The molecule has 3 aliphatic carbocycles. The molecule has 22 heavy (non-hydrogen) atoms. The number of phenolic OH excluding ortho intramolecular Hbond substituents is 1. The minimum absolute atomic E-state index is 0.156. The van der Waals surface area contributed by atoms with Crippen LogP contribution in [0.25, 0.3) is 0 Å². The van der Waals surface area contributed by atoms with E-state index in [0.717, 1.165) is 25.7 Å². The number of aliphatic hydroxyl groups is 1. The Labute approximate surface area is 130 Å². The zero-order valence-electron chi connectivity index (χ0n) is 12.9. The van der Waals surface area contributed by atoms with Gasteiger partial charge in [-0.05, 0) is 73.1 Å². The van der Waals surface area contributed by atoms with Crippen LogP contribution in [0.15, 0.2) is 23.4 Å². The van der Waals surface area contributed by atoms with Gasteiger partial charge in [0.05, 0.1) is 5.71 Å². The second-order valence-corrected chi connectivity index (χ2v) is 7.54. The first-order valence-electron chi connectivity index (χ1n) is 8.25. The van der Waals surface area contributed by atoms with Gasteiger partial charge < -0.3 is 15.4 Å². The number of hydrogen-bond acceptors (Lipinski definition) is 4. The van der Waals surface area contributed by atoms with E-state index >= 15 is 0 Å². The summed E-state index contributed by atoms with van der Waals surface area (Å²) in [6, 6.07) is 5.78. The van der Waals surface area contributed by atoms with E-state index in [9.17, 15) is 15.4 Å². The molecule has 4 rings (SSSR count). The topological polar surface area (TPSA) is 73.1 Å². The summed E-state index contributed by atoms with van der Waals surface area (Å²) < 4.78 is 0. The summed E-state index contributed by atoms with van der Waals surface area (Å²) in [5, 5.41) is 32.8. The zero-order valence-corrected chi connectivity index (χ0v) is 12.9. The predicted octanol–water partition coefficient (Wildman–Crippen LogP) is 3.05. The number of nitrogens with zero attached hydrogens (tertiary/aromatic N) is 1. The summed E-state index contributed by atoms with van der Waals surface area (Å²) in [5.74, 6) is 1.77. The summed E-state index contributed by atoms with van der Waals surface area (Å²) in [6.07, 6.45) is 4.20. The molecule has 4 heteroatoms. The fourth-order valence-electron chi connectivity index (χ4n) is 5.45. The summed E-state index contributed by atoms with van der Waals surface area (Å²) in [6.45, 7) is 2.16. The molecule has 1 aromatic carbocycles. The van der Waals surface area contributed by atoms with E-state index in [0.29, 0.717) is 35.6 Å². The fraction of sp³-hybridized carbons (Fsp3) is 0.611. The Kier molecular flexibility index (Phi) is 3.02. The third kappa shape index (κ3) is 1.76. The van der Waals surface area contributed by atoms with E-state index < -0.39 is 6.10 Å². The lowest BCUT2D eigenvalue weighted by Gasteiger charge is -2.49. The molecule has 0 spiro atoms. The molecule has 0 bridgehead atoms. The Bertz CT molecular complexity index is 641. The predicted molar refractivity (Wildman–Crippen MR) is 83.3 cm³/mol. The standard InChI is InChI=1S/C18H23NO3/c1-18-7-6-13-12-5-3-11(20)8-10(12)2-4-14(13)15(18)9-16(19-22)17(18)21/h3,5,8,13-15,17,20-22H,2,4,6-7,9H2,1H3/b19-16+/t13-,14+,15+,17+,18-/m1/s1. The molecular weight excluding hydrogens is 278 g/mol. The van der Waals surface area contributed by atoms with Gasteiger partial charge in [0.2, 0.25) is 0 Å². The summed E-state index contributed by atoms with van der Waals surface area (Å²) in [5.41, 5.74) is 3.06. The van der Waals surface area contributed by atoms with Crippen LogP contribution in [0.2, 0.25) is 0 Å². The molecule has 0 aromatic heterocycles. The largest absolute Gasteiger partial charge is 0.508 e. The molecule has 0 radical (unpaired) electrons. The summed E-state index contributed by atoms with van der Waals surface area (Å²) >= 11 is 0. The first kappa shape index (κ1) is 14.1. The second-order valence-electron chi connectivity index (χ2n) is 7.54. The highest BCUT2D eigenvalue weighted by Crippen LogP contribution is 2.60. The van der Waals surface area contributed by atoms with Crippen LogP contribution in [0.1, 0.15) is 49.7 Å². The van der Waals surface area contributed by atoms with Crippen molar-refractivity contribution in [2.75, 3.05) is 0 Å². The quantitative estimate of drug-likeness (QED) is 0.509. The molecule has 118 valence electrons. The number of hydrogen-bond donors (Lipinski definition) is 3. The Morgan fingerprint density at radius 2 is 2.09 bits per heavy atom. The van der Waals surface area contributed by atoms with Gasteiger partial charge in [-0.2, -0.15) is 0 Å². The Morgan fingerprint density at radius 3 is 2.86 bits per heavy atom. The average Bonchev–Trinajstić information content (AvgIpc) is 2.78. The molecule has 3 aliphatic rings. The van der Waals surface area contributed by atoms with E-state index in [-0.39, 0.29) is 5.41 Å². The molecule has 1 aromatic rings. The summed E-state index contributed by atoms with van der Waals surface area (Å²) in [7, 11) is 0. The van der Waals surface area contributed by atoms with E-state index in [4.69, 9.17) is 0 Å². The van der Waals surface area contributed by atoms with Crippen molar-refractivity contribution in [1.82, 2.24) is 0 Å². The molecule has 5 atom stereocenters. The maximum atomic E-state index is 10.5. The average molecular weight is 301 g/mol. The van der Waals surface area contributed by atoms with Crippen molar-refractivity contribution in [2.24, 2.45) is 22.4 Å². The lowest BCUT2D eigenvalue weighted by molar-refractivity contribution is -0.0121. The van der Waals surface area contributed by atoms with Crippen LogP contribution in [0.3, 0.4) is 0 Å². The van der Waals surface area contributed by atoms with Crippen molar-refractivity contribution in [3.05, 3.63) is 29.3 Å². The van der Waals surface area contributed by atoms with Crippen LogP contribution in [0.5, 0.6) is 5.75 Å². The monoisotopic (exact) mass is 301 g/mol. The van der Waals surface area contributed by atoms with Gasteiger partial charge in [0.15, 0.2) is 0 Å². The highest BCUT2D eigenvalue weighted by Gasteiger charge is 2.57. The Balaban J connectivity index is 1.72. The van der Waals surface area contributed by atoms with Crippen LogP contribution in [-0.2, 0) is 6.42 Å². The minimum atomic E-state index is -0.607. The SMILES string of the molecule is C[C@@]12CC[C@@H]3c4ccc(O)cc4CC[C@@H]3[C@@H]1C/C(=N\O)[C@@H]2O. The van der Waals surface area contributed by atoms with Gasteiger partial charge in [-0.1, -0.05) is 18.1 Å². The number of rotatable bonds is 0. The first-order valence-corrected chi connectivity index (χ1v) is 8.25. The van der Waals surface area contributed by atoms with Gasteiger partial charge in [-0.15, -0.1) is 0 Å². The number of fused-ring (bicyclic) bond motifs is 5. The molecule has 0 aliphatic heterocycles. The maximum absolute atomic E-state index is 10.5. The zero-order chi connectivity index (χ0) is 15.5. The molecule has 0 amide bonds. The van der Waals surface area contributed by atoms with Gasteiger partial charge in [-0.3, -0.25) is 0 Å². The number of benzene rings is 1. The molecular formula is C18H23NO3. The van der Waals surface area contributed by atoms with Crippen molar-refractivity contribution in [3.8, 4) is 5.75 Å². The molecule has 0 saturated heterocycles. The molecule has 2 fully saturated rings. The van der Waals surface area contributed by atoms with Crippen molar-refractivity contribution >= 4 is 5.71 Å². The third-order valence-electron chi connectivity index (χ3n) is 6.65. The smallest absolute Gasteiger partial charge is 0.115 e. The number of aryl methyl sites for hydroxylation is 1. The Hall–Kier alpha value is -1.55. The minimum Gasteiger partial charge on any atom is -0.508 e. The van der Waals surface area contributed by atoms with Gasteiger partial charge in [0.1, 0.15) is 11.9 Å². The number of aliphatic hydroxyl groups excluding tert-OH is 1. The molecule has 0 heterocycles. The van der Waals surface area contributed by atoms with E-state index in [2.05, 4.69) is 18.1 Å². The van der Waals surface area contributed by atoms with Gasteiger partial charge >= 0.3 is 0 Å². The molecule has 2 saturated carbocycles. The van der Waals surface area contributed by atoms with Gasteiger partial charge in [-0.25, -0.2) is 0 Å². The third-order valence-corrected chi connectivity index (χ3v) is 6.65. The Morgan fingerprint density at radius 1 is 1.27 bits per heavy atom. The van der Waals surface area contributed by atoms with Crippen molar-refractivity contribution < 1.29 is 15.4 Å². The highest BCUT2D eigenvalue weighted by atomic mass is 16.4. The van der Waals surface area contributed by atoms with Crippen molar-refractivity contribution in [1.29, 1.82) is 0 Å². The normalized spacial score (nSPS) is 41.8. The fourth-order valence-corrected chi connectivity index (χ4v) is 5.45. The highest BCUT2D eigenvalue weighted by molar-refractivity contribution is 5.91. The summed E-state index contributed by atoms with van der Waals surface area (Å²) in [4.78, 5) is 0. The van der Waals surface area contributed by atoms with Crippen LogP contribution in [0.4, 0.5) is 0 Å². The number of phenols is 1. The number of aromatic hydroxyl groups is 1. The van der Waals surface area contributed by atoms with Crippen LogP contribution in [0, 0.1) is 17.3 Å². The van der Waals surface area contributed by atoms with E-state index in [1.165, 1.54) is 11.1 Å². The van der Waals surface area contributed by atoms with E-state index in [1.807, 2.05) is 6.07 Å². The van der Waals surface area contributed by atoms with Crippen molar-refractivity contribution in [2.45, 2.75) is 51.0 Å². The van der Waals surface area contributed by atoms with Gasteiger partial charge in [0, 0.05) is 5.41 Å².